The van der Waals surface area contributed by atoms with Crippen LogP contribution >= 0.6 is 22.9 Å². The van der Waals surface area contributed by atoms with Crippen LogP contribution in [0.25, 0.3) is 0 Å². The van der Waals surface area contributed by atoms with E-state index in [1.807, 2.05) is 48.7 Å². The first kappa shape index (κ1) is 18.4. The summed E-state index contributed by atoms with van der Waals surface area (Å²) in [7, 11) is 0. The van der Waals surface area contributed by atoms with Crippen LogP contribution in [-0.4, -0.2) is 17.9 Å². The second-order valence-corrected chi connectivity index (χ2v) is 8.58. The predicted octanol–water partition coefficient (Wildman–Crippen LogP) is 4.76. The maximum atomic E-state index is 13.4. The van der Waals surface area contributed by atoms with Crippen LogP contribution in [0.3, 0.4) is 0 Å². The van der Waals surface area contributed by atoms with E-state index in [2.05, 4.69) is 0 Å². The molecule has 0 radical (unpaired) electrons. The van der Waals surface area contributed by atoms with Gasteiger partial charge in [-0.2, -0.15) is 0 Å². The first-order valence-corrected chi connectivity index (χ1v) is 10.5. The molecule has 2 saturated heterocycles. The van der Waals surface area contributed by atoms with Crippen LogP contribution in [0.15, 0.2) is 66.0 Å². The zero-order valence-corrected chi connectivity index (χ0v) is 17.1. The van der Waals surface area contributed by atoms with E-state index in [1.54, 1.807) is 40.7 Å². The number of amides is 2. The molecule has 2 fully saturated rings. The predicted molar refractivity (Wildman–Crippen MR) is 113 cm³/mol. The number of anilines is 2. The Morgan fingerprint density at radius 3 is 2.28 bits per heavy atom. The summed E-state index contributed by atoms with van der Waals surface area (Å²) in [6, 6.07) is 18.1. The number of hydroxylamine groups is 1. The minimum absolute atomic E-state index is 0.237. The number of rotatable bonds is 3. The highest BCUT2D eigenvalue weighted by Crippen LogP contribution is 2.48. The number of nitrogens with zero attached hydrogens (tertiary/aromatic N) is 2. The smallest absolute Gasteiger partial charge is 0.266 e. The Kier molecular flexibility index (Phi) is 4.42. The largest absolute Gasteiger partial charge is 0.273 e. The number of hydrogen-bond donors (Lipinski definition) is 0. The minimum atomic E-state index is -0.855. The SMILES string of the molecule is Cc1ccc(N2C(=O)[C@H]3[C@@H](ON(c4ccc(Cl)cc4)[C@H]3c3cccs3)C2=O)cc1. The number of fused-ring (bicyclic) bond motifs is 1. The van der Waals surface area contributed by atoms with Gasteiger partial charge in [-0.25, -0.2) is 9.96 Å². The van der Waals surface area contributed by atoms with Crippen LogP contribution in [0.4, 0.5) is 11.4 Å². The summed E-state index contributed by atoms with van der Waals surface area (Å²) in [6.07, 6.45) is -0.855. The maximum Gasteiger partial charge on any atom is 0.266 e. The Balaban J connectivity index is 1.56. The van der Waals surface area contributed by atoms with E-state index in [9.17, 15) is 9.59 Å². The number of carbonyl (C=O) groups excluding carboxylic acids is 2. The zero-order chi connectivity index (χ0) is 20.1. The van der Waals surface area contributed by atoms with Crippen LogP contribution in [0.5, 0.6) is 0 Å². The van der Waals surface area contributed by atoms with Crippen molar-refractivity contribution in [3.63, 3.8) is 0 Å². The van der Waals surface area contributed by atoms with Crippen LogP contribution in [0.2, 0.25) is 5.02 Å². The quantitative estimate of drug-likeness (QED) is 0.569. The summed E-state index contributed by atoms with van der Waals surface area (Å²) < 4.78 is 0. The lowest BCUT2D eigenvalue weighted by molar-refractivity contribution is -0.126. The van der Waals surface area contributed by atoms with Gasteiger partial charge < -0.3 is 0 Å². The van der Waals surface area contributed by atoms with E-state index < -0.39 is 12.0 Å². The monoisotopic (exact) mass is 424 g/mol. The second-order valence-electron chi connectivity index (χ2n) is 7.16. The fourth-order valence-electron chi connectivity index (χ4n) is 3.92. The molecule has 146 valence electrons. The summed E-state index contributed by atoms with van der Waals surface area (Å²) >= 11 is 7.57. The first-order valence-electron chi connectivity index (χ1n) is 9.24. The fourth-order valence-corrected chi connectivity index (χ4v) is 4.90. The van der Waals surface area contributed by atoms with Gasteiger partial charge in [-0.05, 0) is 54.8 Å². The number of thiophene rings is 1. The molecule has 2 amide bonds. The van der Waals surface area contributed by atoms with Gasteiger partial charge in [0, 0.05) is 9.90 Å². The molecule has 5 rings (SSSR count). The molecule has 0 unspecified atom stereocenters. The maximum absolute atomic E-state index is 13.4. The average molecular weight is 425 g/mol. The molecule has 0 aliphatic carbocycles. The Morgan fingerprint density at radius 2 is 1.62 bits per heavy atom. The molecular formula is C22H17ClN2O3S. The molecule has 0 saturated carbocycles. The molecule has 0 N–H and O–H groups in total. The van der Waals surface area contributed by atoms with Crippen LogP contribution in [-0.2, 0) is 14.4 Å². The van der Waals surface area contributed by atoms with Crippen LogP contribution in [0, 0.1) is 12.8 Å². The van der Waals surface area contributed by atoms with Gasteiger partial charge in [0.25, 0.3) is 5.91 Å². The molecule has 0 bridgehead atoms. The third-order valence-corrected chi connectivity index (χ3v) is 6.52. The molecular weight excluding hydrogens is 408 g/mol. The van der Waals surface area contributed by atoms with Gasteiger partial charge in [0.1, 0.15) is 12.0 Å². The van der Waals surface area contributed by atoms with Crippen LogP contribution < -0.4 is 9.96 Å². The highest BCUT2D eigenvalue weighted by atomic mass is 35.5. The zero-order valence-electron chi connectivity index (χ0n) is 15.5. The molecule has 1 aromatic heterocycles. The van der Waals surface area contributed by atoms with E-state index in [-0.39, 0.29) is 17.9 Å². The van der Waals surface area contributed by atoms with Crippen molar-refractivity contribution >= 4 is 46.1 Å². The van der Waals surface area contributed by atoms with Crippen molar-refractivity contribution in [3.05, 3.63) is 81.5 Å². The Bertz CT molecular complexity index is 1070. The van der Waals surface area contributed by atoms with E-state index in [4.69, 9.17) is 16.4 Å². The molecule has 2 aliphatic heterocycles. The Labute approximate surface area is 177 Å². The van der Waals surface area contributed by atoms with Gasteiger partial charge in [0.05, 0.1) is 11.4 Å². The Morgan fingerprint density at radius 1 is 0.931 bits per heavy atom. The standard InChI is InChI=1S/C22H17ClN2O3S/c1-13-4-8-15(9-5-13)24-21(26)18-19(17-3-2-12-29-17)25(28-20(18)22(24)27)16-10-6-14(23)7-11-16/h2-12,18-20H,1H3/t18-,19+,20-/m1/s1. The number of benzene rings is 2. The normalized spacial score (nSPS) is 23.7. The third-order valence-electron chi connectivity index (χ3n) is 5.32. The van der Waals surface area contributed by atoms with Crippen molar-refractivity contribution in [3.8, 4) is 0 Å². The number of halogens is 1. The van der Waals surface area contributed by atoms with E-state index in [0.29, 0.717) is 10.7 Å². The van der Waals surface area contributed by atoms with Gasteiger partial charge in [-0.3, -0.25) is 14.4 Å². The highest BCUT2D eigenvalue weighted by molar-refractivity contribution is 7.10. The van der Waals surface area contributed by atoms with Crippen LogP contribution in [0.1, 0.15) is 16.5 Å². The van der Waals surface area contributed by atoms with E-state index in [0.717, 1.165) is 16.1 Å². The summed E-state index contributed by atoms with van der Waals surface area (Å²) in [5.41, 5.74) is 2.39. The lowest BCUT2D eigenvalue weighted by Crippen LogP contribution is -2.37. The lowest BCUT2D eigenvalue weighted by Gasteiger charge is -2.27. The molecule has 3 atom stereocenters. The van der Waals surface area contributed by atoms with Gasteiger partial charge >= 0.3 is 0 Å². The van der Waals surface area contributed by atoms with Crippen molar-refractivity contribution in [2.24, 2.45) is 5.92 Å². The van der Waals surface area contributed by atoms with Gasteiger partial charge in [0.2, 0.25) is 5.91 Å². The lowest BCUT2D eigenvalue weighted by atomic mass is 9.95. The molecule has 3 heterocycles. The molecule has 5 nitrogen and oxygen atoms in total. The second kappa shape index (κ2) is 6.99. The van der Waals surface area contributed by atoms with Gasteiger partial charge in [-0.1, -0.05) is 35.4 Å². The molecule has 3 aromatic rings. The van der Waals surface area contributed by atoms with E-state index >= 15 is 0 Å². The average Bonchev–Trinajstić information content (AvgIpc) is 3.41. The topological polar surface area (TPSA) is 49.9 Å². The van der Waals surface area contributed by atoms with Crippen molar-refractivity contribution in [2.45, 2.75) is 19.1 Å². The van der Waals surface area contributed by atoms with Crippen molar-refractivity contribution in [1.82, 2.24) is 0 Å². The molecule has 2 aromatic carbocycles. The first-order chi connectivity index (χ1) is 14.0. The number of hydrogen-bond acceptors (Lipinski definition) is 5. The van der Waals surface area contributed by atoms with E-state index in [1.165, 1.54) is 4.90 Å². The van der Waals surface area contributed by atoms with Gasteiger partial charge in [0.15, 0.2) is 6.10 Å². The number of aryl methyl sites for hydroxylation is 1. The number of carbonyl (C=O) groups is 2. The molecule has 29 heavy (non-hydrogen) atoms. The van der Waals surface area contributed by atoms with Crippen molar-refractivity contribution < 1.29 is 14.4 Å². The van der Waals surface area contributed by atoms with Crippen molar-refractivity contribution in [1.29, 1.82) is 0 Å². The summed E-state index contributed by atoms with van der Waals surface area (Å²) in [5.74, 6) is -1.18. The van der Waals surface area contributed by atoms with Crippen molar-refractivity contribution in [2.75, 3.05) is 9.96 Å². The molecule has 0 spiro atoms. The summed E-state index contributed by atoms with van der Waals surface area (Å²) in [4.78, 5) is 34.9. The summed E-state index contributed by atoms with van der Waals surface area (Å²) in [5, 5.41) is 4.25. The van der Waals surface area contributed by atoms with Gasteiger partial charge in [-0.15, -0.1) is 11.3 Å². The molecule has 7 heteroatoms. The highest BCUT2D eigenvalue weighted by Gasteiger charge is 2.60. The third kappa shape index (κ3) is 2.95. The number of imide groups is 1. The minimum Gasteiger partial charge on any atom is -0.273 e. The Hall–Kier alpha value is -2.67. The fraction of sp³-hybridized carbons (Fsp3) is 0.182. The summed E-state index contributed by atoms with van der Waals surface area (Å²) in [6.45, 7) is 1.96. The molecule has 2 aliphatic rings.